The molecule has 7 heteroatoms. The van der Waals surface area contributed by atoms with E-state index in [-0.39, 0.29) is 11.0 Å². The molecule has 0 saturated carbocycles. The van der Waals surface area contributed by atoms with Gasteiger partial charge in [0, 0.05) is 11.0 Å². The number of halogens is 4. The van der Waals surface area contributed by atoms with Crippen LogP contribution in [-0.4, -0.2) is 29.3 Å². The normalized spacial score (nSPS) is 16.1. The summed E-state index contributed by atoms with van der Waals surface area (Å²) in [5, 5.41) is 10.3. The highest BCUT2D eigenvalue weighted by molar-refractivity contribution is 9.11. The minimum absolute atomic E-state index is 0.245. The predicted molar refractivity (Wildman–Crippen MR) is 48.2 cm³/mol. The maximum atomic E-state index is 12.3. The Hall–Kier alpha value is -0.560. The number of rotatable bonds is 4. The number of nitrogens with one attached hydrogen (secondary N) is 1. The molecule has 82 valence electrons. The van der Waals surface area contributed by atoms with Crippen LogP contribution in [0.2, 0.25) is 0 Å². The van der Waals surface area contributed by atoms with Crippen LogP contribution in [0.3, 0.4) is 0 Å². The molecule has 0 fully saturated rings. The lowest BCUT2D eigenvalue weighted by Gasteiger charge is -2.28. The van der Waals surface area contributed by atoms with E-state index in [1.165, 1.54) is 0 Å². The Morgan fingerprint density at radius 3 is 2.21 bits per heavy atom. The van der Waals surface area contributed by atoms with Crippen LogP contribution >= 0.6 is 15.9 Å². The minimum Gasteiger partial charge on any atom is -0.480 e. The molecular weight excluding hydrogens is 267 g/mol. The molecule has 0 spiro atoms. The standard InChI is InChI=1S/C7H9BrF3NO2/c1-4(8)3-12-6(2,5(13)14)7(9,10)11/h12H,1,3H2,2H3,(H,13,14). The summed E-state index contributed by atoms with van der Waals surface area (Å²) in [5.41, 5.74) is -2.95. The first-order valence-electron chi connectivity index (χ1n) is 3.49. The van der Waals surface area contributed by atoms with Crippen LogP contribution in [0.4, 0.5) is 13.2 Å². The van der Waals surface area contributed by atoms with Crippen molar-refractivity contribution < 1.29 is 23.1 Å². The molecule has 0 aliphatic heterocycles. The molecule has 0 aromatic heterocycles. The van der Waals surface area contributed by atoms with E-state index >= 15 is 0 Å². The first-order valence-corrected chi connectivity index (χ1v) is 4.29. The fourth-order valence-electron chi connectivity index (χ4n) is 0.570. The second-order valence-corrected chi connectivity index (χ2v) is 3.92. The van der Waals surface area contributed by atoms with Crippen molar-refractivity contribution in [1.29, 1.82) is 0 Å². The largest absolute Gasteiger partial charge is 0.480 e. The molecule has 1 atom stereocenters. The van der Waals surface area contributed by atoms with Crippen molar-refractivity contribution in [2.75, 3.05) is 6.54 Å². The van der Waals surface area contributed by atoms with Gasteiger partial charge in [0.25, 0.3) is 0 Å². The summed E-state index contributed by atoms with van der Waals surface area (Å²) >= 11 is 2.83. The first kappa shape index (κ1) is 13.4. The maximum absolute atomic E-state index is 12.3. The van der Waals surface area contributed by atoms with E-state index < -0.39 is 17.7 Å². The van der Waals surface area contributed by atoms with E-state index in [4.69, 9.17) is 5.11 Å². The molecule has 0 bridgehead atoms. The van der Waals surface area contributed by atoms with Crippen LogP contribution in [-0.2, 0) is 4.79 Å². The molecule has 0 heterocycles. The highest BCUT2D eigenvalue weighted by Gasteiger charge is 2.57. The van der Waals surface area contributed by atoms with Crippen molar-refractivity contribution in [2.45, 2.75) is 18.6 Å². The van der Waals surface area contributed by atoms with Crippen LogP contribution in [0.15, 0.2) is 11.1 Å². The zero-order valence-corrected chi connectivity index (χ0v) is 8.87. The Bertz CT molecular complexity index is 254. The molecule has 1 unspecified atom stereocenters. The van der Waals surface area contributed by atoms with Crippen LogP contribution < -0.4 is 5.32 Å². The second-order valence-electron chi connectivity index (χ2n) is 2.80. The third-order valence-electron chi connectivity index (χ3n) is 1.63. The van der Waals surface area contributed by atoms with Crippen molar-refractivity contribution in [3.05, 3.63) is 11.1 Å². The molecule has 3 nitrogen and oxygen atoms in total. The highest BCUT2D eigenvalue weighted by atomic mass is 79.9. The van der Waals surface area contributed by atoms with Crippen molar-refractivity contribution in [3.63, 3.8) is 0 Å². The van der Waals surface area contributed by atoms with Gasteiger partial charge in [-0.3, -0.25) is 5.32 Å². The van der Waals surface area contributed by atoms with Gasteiger partial charge >= 0.3 is 12.1 Å². The number of carbonyl (C=O) groups is 1. The van der Waals surface area contributed by atoms with Gasteiger partial charge in [-0.25, -0.2) is 4.79 Å². The Labute approximate surface area is 87.1 Å². The van der Waals surface area contributed by atoms with Crippen LogP contribution in [0.1, 0.15) is 6.92 Å². The van der Waals surface area contributed by atoms with Crippen LogP contribution in [0, 0.1) is 0 Å². The van der Waals surface area contributed by atoms with E-state index in [1.54, 1.807) is 0 Å². The fourth-order valence-corrected chi connectivity index (χ4v) is 0.710. The lowest BCUT2D eigenvalue weighted by molar-refractivity contribution is -0.205. The van der Waals surface area contributed by atoms with Crippen LogP contribution in [0.25, 0.3) is 0 Å². The third kappa shape index (κ3) is 2.98. The first-order chi connectivity index (χ1) is 6.11. The monoisotopic (exact) mass is 275 g/mol. The van der Waals surface area contributed by atoms with Gasteiger partial charge in [-0.1, -0.05) is 22.5 Å². The van der Waals surface area contributed by atoms with E-state index in [0.717, 1.165) is 0 Å². The van der Waals surface area contributed by atoms with E-state index in [2.05, 4.69) is 22.5 Å². The molecule has 0 aliphatic carbocycles. The van der Waals surface area contributed by atoms with Crippen molar-refractivity contribution in [1.82, 2.24) is 5.32 Å². The van der Waals surface area contributed by atoms with Gasteiger partial charge < -0.3 is 5.11 Å². The average Bonchev–Trinajstić information content (AvgIpc) is 1.97. The molecule has 0 aromatic rings. The van der Waals surface area contributed by atoms with Gasteiger partial charge in [-0.05, 0) is 6.92 Å². The summed E-state index contributed by atoms with van der Waals surface area (Å²) < 4.78 is 37.2. The Balaban J connectivity index is 4.75. The highest BCUT2D eigenvalue weighted by Crippen LogP contribution is 2.30. The smallest absolute Gasteiger partial charge is 0.417 e. The fraction of sp³-hybridized carbons (Fsp3) is 0.571. The molecule has 0 amide bonds. The second kappa shape index (κ2) is 4.31. The number of hydrogen-bond donors (Lipinski definition) is 2. The summed E-state index contributed by atoms with van der Waals surface area (Å²) in [7, 11) is 0. The van der Waals surface area contributed by atoms with Gasteiger partial charge in [0.05, 0.1) is 0 Å². The van der Waals surface area contributed by atoms with Gasteiger partial charge in [0.1, 0.15) is 0 Å². The van der Waals surface area contributed by atoms with Gasteiger partial charge in [-0.15, -0.1) is 0 Å². The molecule has 0 aromatic carbocycles. The van der Waals surface area contributed by atoms with E-state index in [1.807, 2.05) is 5.32 Å². The zero-order chi connectivity index (χ0) is 11.6. The van der Waals surface area contributed by atoms with Crippen molar-refractivity contribution >= 4 is 21.9 Å². The topological polar surface area (TPSA) is 49.3 Å². The number of alkyl halides is 3. The number of aliphatic carboxylic acids is 1. The average molecular weight is 276 g/mol. The Kier molecular flexibility index (Phi) is 4.14. The van der Waals surface area contributed by atoms with Crippen LogP contribution in [0.5, 0.6) is 0 Å². The van der Waals surface area contributed by atoms with Gasteiger partial charge in [0.15, 0.2) is 0 Å². The quantitative estimate of drug-likeness (QED) is 0.824. The zero-order valence-electron chi connectivity index (χ0n) is 7.28. The molecular formula is C7H9BrF3NO2. The molecule has 0 radical (unpaired) electrons. The summed E-state index contributed by atoms with van der Waals surface area (Å²) in [4.78, 5) is 10.5. The minimum atomic E-state index is -4.86. The van der Waals surface area contributed by atoms with Gasteiger partial charge in [0.2, 0.25) is 5.54 Å². The molecule has 0 aliphatic rings. The van der Waals surface area contributed by atoms with Gasteiger partial charge in [-0.2, -0.15) is 13.2 Å². The Morgan fingerprint density at radius 2 is 2.00 bits per heavy atom. The number of carboxylic acid groups (broad SMARTS) is 1. The summed E-state index contributed by atoms with van der Waals surface area (Å²) in [6.07, 6.45) is -4.86. The SMILES string of the molecule is C=C(Br)CNC(C)(C(=O)O)C(F)(F)F. The summed E-state index contributed by atoms with van der Waals surface area (Å²) in [5.74, 6) is -1.97. The lowest BCUT2D eigenvalue weighted by Crippen LogP contribution is -2.60. The maximum Gasteiger partial charge on any atom is 0.417 e. The lowest BCUT2D eigenvalue weighted by atomic mass is 10.0. The molecule has 0 rings (SSSR count). The number of carboxylic acids is 1. The molecule has 0 saturated heterocycles. The predicted octanol–water partition coefficient (Wildman–Crippen LogP) is 1.89. The van der Waals surface area contributed by atoms with Crippen molar-refractivity contribution in [2.24, 2.45) is 0 Å². The number of hydrogen-bond acceptors (Lipinski definition) is 2. The van der Waals surface area contributed by atoms with E-state index in [0.29, 0.717) is 6.92 Å². The molecule has 2 N–H and O–H groups in total. The third-order valence-corrected chi connectivity index (χ3v) is 1.91. The Morgan fingerprint density at radius 1 is 1.57 bits per heavy atom. The summed E-state index contributed by atoms with van der Waals surface area (Å²) in [6.45, 7) is 3.58. The van der Waals surface area contributed by atoms with Crippen molar-refractivity contribution in [3.8, 4) is 0 Å². The van der Waals surface area contributed by atoms with E-state index in [9.17, 15) is 18.0 Å². The molecule has 14 heavy (non-hydrogen) atoms. The summed E-state index contributed by atoms with van der Waals surface area (Å²) in [6, 6.07) is 0.